The Hall–Kier alpha value is -1.11. The Morgan fingerprint density at radius 3 is 2.67 bits per heavy atom. The molecule has 0 aliphatic carbocycles. The number of nitrogens with zero attached hydrogens (tertiary/aromatic N) is 1. The molecule has 2 unspecified atom stereocenters. The monoisotopic (exact) mass is 276 g/mol. The second kappa shape index (κ2) is 6.17. The summed E-state index contributed by atoms with van der Waals surface area (Å²) in [6, 6.07) is -0.234. The van der Waals surface area contributed by atoms with Crippen LogP contribution in [0.1, 0.15) is 19.8 Å². The van der Waals surface area contributed by atoms with E-state index in [9.17, 15) is 13.8 Å². The summed E-state index contributed by atoms with van der Waals surface area (Å²) >= 11 is 0. The Morgan fingerprint density at radius 2 is 2.17 bits per heavy atom. The zero-order valence-electron chi connectivity index (χ0n) is 10.8. The highest BCUT2D eigenvalue weighted by atomic mass is 32.2. The normalized spacial score (nSPS) is 24.9. The maximum atomic E-state index is 11.7. The Balaban J connectivity index is 2.32. The van der Waals surface area contributed by atoms with E-state index in [4.69, 9.17) is 5.11 Å². The van der Waals surface area contributed by atoms with Crippen LogP contribution in [0.4, 0.5) is 4.79 Å². The number of nitrogens with one attached hydrogen (secondary N) is 1. The minimum atomic E-state index is -0.862. The van der Waals surface area contributed by atoms with Crippen molar-refractivity contribution in [3.05, 3.63) is 0 Å². The van der Waals surface area contributed by atoms with Gasteiger partial charge in [-0.15, -0.1) is 0 Å². The van der Waals surface area contributed by atoms with Crippen molar-refractivity contribution in [1.29, 1.82) is 0 Å². The Labute approximate surface area is 109 Å². The summed E-state index contributed by atoms with van der Waals surface area (Å²) in [5.74, 6) is -0.299. The number of carboxylic acid groups (broad SMARTS) is 1. The van der Waals surface area contributed by atoms with E-state index in [1.54, 1.807) is 13.2 Å². The van der Waals surface area contributed by atoms with Gasteiger partial charge in [0.25, 0.3) is 0 Å². The molecular weight excluding hydrogens is 256 g/mol. The molecule has 1 fully saturated rings. The number of carbonyl (C=O) groups is 2. The van der Waals surface area contributed by atoms with Crippen molar-refractivity contribution in [3.63, 3.8) is 0 Å². The Kier molecular flexibility index (Phi) is 5.13. The number of hydrogen-bond acceptors (Lipinski definition) is 3. The molecule has 1 aliphatic heterocycles. The summed E-state index contributed by atoms with van der Waals surface area (Å²) in [5, 5.41) is 11.8. The second-order valence-corrected chi connectivity index (χ2v) is 6.45. The predicted octanol–water partition coefficient (Wildman–Crippen LogP) is 0.261. The lowest BCUT2D eigenvalue weighted by molar-refractivity contribution is -0.146. The summed E-state index contributed by atoms with van der Waals surface area (Å²) in [5.41, 5.74) is -0.831. The van der Waals surface area contributed by atoms with Gasteiger partial charge in [-0.05, 0) is 19.8 Å². The van der Waals surface area contributed by atoms with E-state index in [0.717, 1.165) is 0 Å². The van der Waals surface area contributed by atoms with Crippen LogP contribution >= 0.6 is 0 Å². The fourth-order valence-corrected chi connectivity index (χ4v) is 2.44. The maximum Gasteiger partial charge on any atom is 0.317 e. The van der Waals surface area contributed by atoms with Crippen LogP contribution in [0, 0.1) is 5.41 Å². The molecule has 0 spiro atoms. The number of aliphatic carboxylic acids is 1. The van der Waals surface area contributed by atoms with E-state index in [1.165, 1.54) is 4.90 Å². The van der Waals surface area contributed by atoms with Gasteiger partial charge in [-0.1, -0.05) is 0 Å². The largest absolute Gasteiger partial charge is 0.481 e. The molecule has 0 radical (unpaired) electrons. The molecule has 6 nitrogen and oxygen atoms in total. The lowest BCUT2D eigenvalue weighted by atomic mass is 9.90. The minimum Gasteiger partial charge on any atom is -0.481 e. The third kappa shape index (κ3) is 3.97. The first-order valence-electron chi connectivity index (χ1n) is 5.91. The predicted molar refractivity (Wildman–Crippen MR) is 68.9 cm³/mol. The molecule has 0 aromatic carbocycles. The summed E-state index contributed by atoms with van der Waals surface area (Å²) in [4.78, 5) is 24.3. The first-order chi connectivity index (χ1) is 8.35. The van der Waals surface area contributed by atoms with E-state index in [1.807, 2.05) is 0 Å². The van der Waals surface area contributed by atoms with E-state index in [0.29, 0.717) is 31.7 Å². The number of rotatable bonds is 5. The van der Waals surface area contributed by atoms with Crippen LogP contribution in [0.3, 0.4) is 0 Å². The van der Waals surface area contributed by atoms with Gasteiger partial charge in [0, 0.05) is 42.4 Å². The van der Waals surface area contributed by atoms with Crippen LogP contribution in [0.2, 0.25) is 0 Å². The highest BCUT2D eigenvalue weighted by Crippen LogP contribution is 2.29. The topological polar surface area (TPSA) is 86.7 Å². The molecule has 1 saturated heterocycles. The van der Waals surface area contributed by atoms with Crippen LogP contribution < -0.4 is 5.32 Å². The molecule has 0 bridgehead atoms. The average molecular weight is 276 g/mol. The molecule has 2 atom stereocenters. The second-order valence-electron chi connectivity index (χ2n) is 4.90. The fourth-order valence-electron chi connectivity index (χ4n) is 1.89. The molecule has 0 aromatic rings. The van der Waals surface area contributed by atoms with Crippen molar-refractivity contribution in [2.45, 2.75) is 19.8 Å². The van der Waals surface area contributed by atoms with Gasteiger partial charge in [-0.25, -0.2) is 4.79 Å². The van der Waals surface area contributed by atoms with Crippen molar-refractivity contribution in [1.82, 2.24) is 10.2 Å². The van der Waals surface area contributed by atoms with E-state index < -0.39 is 22.2 Å². The number of hydrogen-bond donors (Lipinski definition) is 2. The van der Waals surface area contributed by atoms with E-state index in [2.05, 4.69) is 5.32 Å². The Morgan fingerprint density at radius 1 is 1.50 bits per heavy atom. The molecule has 104 valence electrons. The molecule has 0 aromatic heterocycles. The minimum absolute atomic E-state index is 0.234. The zero-order chi connectivity index (χ0) is 13.8. The number of likely N-dealkylation sites (tertiary alicyclic amines) is 1. The van der Waals surface area contributed by atoms with Gasteiger partial charge in [0.1, 0.15) is 0 Å². The van der Waals surface area contributed by atoms with E-state index in [-0.39, 0.29) is 12.6 Å². The van der Waals surface area contributed by atoms with Crippen LogP contribution in [-0.4, -0.2) is 57.9 Å². The first-order valence-corrected chi connectivity index (χ1v) is 7.64. The highest BCUT2D eigenvalue weighted by Gasteiger charge is 2.42. The van der Waals surface area contributed by atoms with Crippen molar-refractivity contribution in [2.24, 2.45) is 5.41 Å². The standard InChI is InChI=1S/C11H20N2O4S/c1-11(9(14)15)4-6-13(8-11)10(16)12-5-3-7-18(2)17/h3-8H2,1-2H3,(H,12,16)(H,14,15). The molecular formula is C11H20N2O4S. The van der Waals surface area contributed by atoms with Crippen molar-refractivity contribution < 1.29 is 18.9 Å². The maximum absolute atomic E-state index is 11.7. The summed E-state index contributed by atoms with van der Waals surface area (Å²) in [6.45, 7) is 2.84. The fraction of sp³-hybridized carbons (Fsp3) is 0.818. The van der Waals surface area contributed by atoms with Gasteiger partial charge in [0.2, 0.25) is 0 Å². The Bertz CT molecular complexity index is 361. The summed E-state index contributed by atoms with van der Waals surface area (Å²) < 4.78 is 10.8. The van der Waals surface area contributed by atoms with Gasteiger partial charge in [-0.3, -0.25) is 9.00 Å². The molecule has 18 heavy (non-hydrogen) atoms. The van der Waals surface area contributed by atoms with Gasteiger partial charge in [-0.2, -0.15) is 0 Å². The zero-order valence-corrected chi connectivity index (χ0v) is 11.6. The number of amides is 2. The first kappa shape index (κ1) is 14.9. The molecule has 2 amide bonds. The summed E-state index contributed by atoms with van der Waals surface area (Å²) in [6.07, 6.45) is 2.77. The van der Waals surface area contributed by atoms with Crippen molar-refractivity contribution in [3.8, 4) is 0 Å². The number of carboxylic acids is 1. The van der Waals surface area contributed by atoms with Crippen LogP contribution in [0.5, 0.6) is 0 Å². The molecule has 7 heteroatoms. The third-order valence-electron chi connectivity index (χ3n) is 3.16. The van der Waals surface area contributed by atoms with Crippen LogP contribution in [0.25, 0.3) is 0 Å². The van der Waals surface area contributed by atoms with Gasteiger partial charge in [0.05, 0.1) is 5.41 Å². The SMILES string of the molecule is CS(=O)CCCNC(=O)N1CCC(C)(C(=O)O)C1. The van der Waals surface area contributed by atoms with Crippen molar-refractivity contribution in [2.75, 3.05) is 31.6 Å². The van der Waals surface area contributed by atoms with Crippen molar-refractivity contribution >= 4 is 22.8 Å². The van der Waals surface area contributed by atoms with Gasteiger partial charge >= 0.3 is 12.0 Å². The molecule has 1 heterocycles. The van der Waals surface area contributed by atoms with Gasteiger partial charge < -0.3 is 15.3 Å². The molecule has 1 rings (SSSR count). The molecule has 2 N–H and O–H groups in total. The van der Waals surface area contributed by atoms with Gasteiger partial charge in [0.15, 0.2) is 0 Å². The summed E-state index contributed by atoms with van der Waals surface area (Å²) in [7, 11) is -0.843. The smallest absolute Gasteiger partial charge is 0.317 e. The van der Waals surface area contributed by atoms with Crippen LogP contribution in [-0.2, 0) is 15.6 Å². The molecule has 1 aliphatic rings. The lowest BCUT2D eigenvalue weighted by Crippen LogP contribution is -2.41. The van der Waals surface area contributed by atoms with Crippen LogP contribution in [0.15, 0.2) is 0 Å². The number of carbonyl (C=O) groups excluding carboxylic acids is 1. The average Bonchev–Trinajstić information content (AvgIpc) is 2.68. The highest BCUT2D eigenvalue weighted by molar-refractivity contribution is 7.84. The quantitative estimate of drug-likeness (QED) is 0.705. The third-order valence-corrected chi connectivity index (χ3v) is 4.03. The van der Waals surface area contributed by atoms with E-state index >= 15 is 0 Å². The lowest BCUT2D eigenvalue weighted by Gasteiger charge is -2.20. The molecule has 0 saturated carbocycles. The number of urea groups is 1.